The summed E-state index contributed by atoms with van der Waals surface area (Å²) in [6, 6.07) is 4.13. The van der Waals surface area contributed by atoms with Crippen LogP contribution in [-0.4, -0.2) is 39.5 Å². The Bertz CT molecular complexity index is 1570. The zero-order valence-electron chi connectivity index (χ0n) is 17.0. The minimum atomic E-state index is 0.759. The number of pyridine rings is 3. The Kier molecular flexibility index (Phi) is 3.73. The average Bonchev–Trinajstić information content (AvgIpc) is 3.50. The highest BCUT2D eigenvalue weighted by molar-refractivity contribution is 5.96. The molecule has 8 heteroatoms. The fourth-order valence-electron chi connectivity index (χ4n) is 3.90. The minimum absolute atomic E-state index is 0.759. The second-order valence-corrected chi connectivity index (χ2v) is 7.58. The molecule has 0 spiro atoms. The summed E-state index contributed by atoms with van der Waals surface area (Å²) in [7, 11) is 0. The molecule has 0 aliphatic heterocycles. The van der Waals surface area contributed by atoms with Crippen molar-refractivity contribution in [2.75, 3.05) is 0 Å². The Morgan fingerprint density at radius 1 is 0.968 bits per heavy atom. The van der Waals surface area contributed by atoms with Gasteiger partial charge in [0.25, 0.3) is 0 Å². The van der Waals surface area contributed by atoms with Crippen molar-refractivity contribution in [1.29, 1.82) is 0 Å². The lowest BCUT2D eigenvalue weighted by molar-refractivity contribution is 1.05. The Labute approximate surface area is 177 Å². The molecule has 2 N–H and O–H groups in total. The summed E-state index contributed by atoms with van der Waals surface area (Å²) < 4.78 is 1.94. The summed E-state index contributed by atoms with van der Waals surface area (Å²) in [6.07, 6.45) is 14.8. The van der Waals surface area contributed by atoms with E-state index >= 15 is 0 Å². The van der Waals surface area contributed by atoms with Gasteiger partial charge >= 0.3 is 0 Å². The standard InChI is InChI=1S/C23H18N8/c1-13-3-4-24-7-17(13)15-5-16-18(8-27-22(16)26-6-15)23-29-19-9-25-10-20(21(19)30-23)31-11-14(2)28-12-31/h3-12H,1-2H3,(H,26,27)(H,29,30). The van der Waals surface area contributed by atoms with Crippen LogP contribution in [0, 0.1) is 13.8 Å². The van der Waals surface area contributed by atoms with Crippen molar-refractivity contribution < 1.29 is 0 Å². The number of H-pyrrole nitrogens is 2. The number of rotatable bonds is 3. The highest BCUT2D eigenvalue weighted by Crippen LogP contribution is 2.32. The Morgan fingerprint density at radius 2 is 1.90 bits per heavy atom. The second-order valence-electron chi connectivity index (χ2n) is 7.58. The molecular weight excluding hydrogens is 388 g/mol. The van der Waals surface area contributed by atoms with Crippen LogP contribution in [0.4, 0.5) is 0 Å². The van der Waals surface area contributed by atoms with Crippen LogP contribution in [0.15, 0.2) is 61.8 Å². The van der Waals surface area contributed by atoms with Crippen LogP contribution in [0.25, 0.3) is 50.3 Å². The van der Waals surface area contributed by atoms with Crippen LogP contribution in [0.1, 0.15) is 11.3 Å². The summed E-state index contributed by atoms with van der Waals surface area (Å²) >= 11 is 0. The molecule has 6 aromatic heterocycles. The van der Waals surface area contributed by atoms with E-state index in [1.807, 2.05) is 42.3 Å². The zero-order chi connectivity index (χ0) is 20.9. The fraction of sp³-hybridized carbons (Fsp3) is 0.0870. The maximum Gasteiger partial charge on any atom is 0.140 e. The maximum atomic E-state index is 4.91. The molecule has 6 rings (SSSR count). The van der Waals surface area contributed by atoms with Crippen LogP contribution in [0.3, 0.4) is 0 Å². The lowest BCUT2D eigenvalue weighted by Gasteiger charge is -2.05. The highest BCUT2D eigenvalue weighted by Gasteiger charge is 2.15. The third kappa shape index (κ3) is 2.80. The van der Waals surface area contributed by atoms with Crippen molar-refractivity contribution in [2.45, 2.75) is 13.8 Å². The largest absolute Gasteiger partial charge is 0.345 e. The average molecular weight is 406 g/mol. The van der Waals surface area contributed by atoms with Crippen LogP contribution >= 0.6 is 0 Å². The Balaban J connectivity index is 1.52. The monoisotopic (exact) mass is 406 g/mol. The number of aromatic amines is 2. The molecule has 0 unspecified atom stereocenters. The van der Waals surface area contributed by atoms with Gasteiger partial charge in [-0.3, -0.25) is 9.97 Å². The highest BCUT2D eigenvalue weighted by atomic mass is 15.1. The van der Waals surface area contributed by atoms with Crippen molar-refractivity contribution in [2.24, 2.45) is 0 Å². The molecule has 0 radical (unpaired) electrons. The molecule has 0 saturated carbocycles. The summed E-state index contributed by atoms with van der Waals surface area (Å²) in [5.74, 6) is 0.759. The van der Waals surface area contributed by atoms with E-state index in [4.69, 9.17) is 4.98 Å². The first-order valence-corrected chi connectivity index (χ1v) is 9.90. The van der Waals surface area contributed by atoms with E-state index in [1.54, 1.807) is 24.9 Å². The topological polar surface area (TPSA) is 101 Å². The molecule has 0 atom stereocenters. The van der Waals surface area contributed by atoms with Gasteiger partial charge < -0.3 is 14.5 Å². The summed E-state index contributed by atoms with van der Waals surface area (Å²) in [4.78, 5) is 29.2. The number of nitrogens with zero attached hydrogens (tertiary/aromatic N) is 6. The molecule has 0 aliphatic carbocycles. The summed E-state index contributed by atoms with van der Waals surface area (Å²) in [5.41, 5.74) is 8.52. The van der Waals surface area contributed by atoms with Gasteiger partial charge in [-0.05, 0) is 31.5 Å². The Hall–Kier alpha value is -4.33. The normalized spacial score (nSPS) is 11.5. The quantitative estimate of drug-likeness (QED) is 0.455. The van der Waals surface area contributed by atoms with Gasteiger partial charge in [0, 0.05) is 53.1 Å². The number of aromatic nitrogens is 8. The van der Waals surface area contributed by atoms with Crippen molar-refractivity contribution in [3.63, 3.8) is 0 Å². The van der Waals surface area contributed by atoms with E-state index in [1.165, 1.54) is 0 Å². The predicted octanol–water partition coefficient (Wildman–Crippen LogP) is 4.37. The number of nitrogens with one attached hydrogen (secondary N) is 2. The van der Waals surface area contributed by atoms with Gasteiger partial charge in [0.2, 0.25) is 0 Å². The third-order valence-corrected chi connectivity index (χ3v) is 5.50. The van der Waals surface area contributed by atoms with E-state index < -0.39 is 0 Å². The predicted molar refractivity (Wildman–Crippen MR) is 119 cm³/mol. The lowest BCUT2D eigenvalue weighted by atomic mass is 10.0. The number of hydrogen-bond acceptors (Lipinski definition) is 5. The smallest absolute Gasteiger partial charge is 0.140 e. The molecule has 31 heavy (non-hydrogen) atoms. The maximum absolute atomic E-state index is 4.91. The molecule has 0 aromatic carbocycles. The van der Waals surface area contributed by atoms with Gasteiger partial charge in [-0.15, -0.1) is 0 Å². The van der Waals surface area contributed by atoms with Crippen molar-refractivity contribution in [3.05, 3.63) is 73.1 Å². The number of hydrogen-bond donors (Lipinski definition) is 2. The molecule has 0 saturated heterocycles. The molecular formula is C23H18N8. The molecule has 150 valence electrons. The van der Waals surface area contributed by atoms with Gasteiger partial charge in [-0.25, -0.2) is 15.0 Å². The van der Waals surface area contributed by atoms with Crippen LogP contribution < -0.4 is 0 Å². The Morgan fingerprint density at radius 3 is 2.74 bits per heavy atom. The van der Waals surface area contributed by atoms with E-state index in [-0.39, 0.29) is 0 Å². The molecule has 6 aromatic rings. The first-order chi connectivity index (χ1) is 15.2. The molecule has 0 amide bonds. The zero-order valence-corrected chi connectivity index (χ0v) is 17.0. The van der Waals surface area contributed by atoms with E-state index in [0.29, 0.717) is 0 Å². The van der Waals surface area contributed by atoms with Crippen molar-refractivity contribution in [3.8, 4) is 28.2 Å². The fourth-order valence-corrected chi connectivity index (χ4v) is 3.90. The van der Waals surface area contributed by atoms with Gasteiger partial charge in [-0.1, -0.05) is 0 Å². The van der Waals surface area contributed by atoms with Gasteiger partial charge in [0.15, 0.2) is 0 Å². The molecule has 0 bridgehead atoms. The van der Waals surface area contributed by atoms with Crippen LogP contribution in [0.2, 0.25) is 0 Å². The summed E-state index contributed by atoms with van der Waals surface area (Å²) in [6.45, 7) is 4.03. The molecule has 0 fully saturated rings. The second kappa shape index (κ2) is 6.60. The summed E-state index contributed by atoms with van der Waals surface area (Å²) in [5, 5.41) is 0.993. The SMILES string of the molecule is Cc1cn(-c2cncc3[nH]c(-c4c[nH]c5ncc(-c6cnccc6C)cc45)nc23)cn1. The van der Waals surface area contributed by atoms with E-state index in [2.05, 4.69) is 42.9 Å². The first-order valence-electron chi connectivity index (χ1n) is 9.90. The number of imidazole rings is 2. The number of fused-ring (bicyclic) bond motifs is 2. The molecule has 0 aliphatic rings. The van der Waals surface area contributed by atoms with Crippen LogP contribution in [-0.2, 0) is 0 Å². The van der Waals surface area contributed by atoms with Gasteiger partial charge in [-0.2, -0.15) is 0 Å². The van der Waals surface area contributed by atoms with Gasteiger partial charge in [0.05, 0.1) is 35.6 Å². The molecule has 6 heterocycles. The molecule has 8 nitrogen and oxygen atoms in total. The first kappa shape index (κ1) is 17.5. The van der Waals surface area contributed by atoms with E-state index in [9.17, 15) is 0 Å². The van der Waals surface area contributed by atoms with E-state index in [0.717, 1.165) is 61.5 Å². The lowest BCUT2D eigenvalue weighted by Crippen LogP contribution is -1.92. The minimum Gasteiger partial charge on any atom is -0.345 e. The third-order valence-electron chi connectivity index (χ3n) is 5.50. The van der Waals surface area contributed by atoms with Gasteiger partial charge in [0.1, 0.15) is 17.0 Å². The van der Waals surface area contributed by atoms with Crippen molar-refractivity contribution in [1.82, 2.24) is 39.5 Å². The van der Waals surface area contributed by atoms with Crippen molar-refractivity contribution >= 4 is 22.1 Å². The number of aryl methyl sites for hydroxylation is 2. The van der Waals surface area contributed by atoms with Crippen LogP contribution in [0.5, 0.6) is 0 Å².